The minimum Gasteiger partial charge on any atom is -0.362 e. The molecular formula is C4H8O3. The zero-order valence-electron chi connectivity index (χ0n) is 4.34. The molecule has 0 spiro atoms. The number of ketones is 1. The molecule has 0 amide bonds. The number of hydrogen-bond acceptors (Lipinski definition) is 3. The Morgan fingerprint density at radius 3 is 2.29 bits per heavy atom. The van der Waals surface area contributed by atoms with Crippen LogP contribution in [0.25, 0.3) is 0 Å². The summed E-state index contributed by atoms with van der Waals surface area (Å²) in [5.74, 6) is -0.373. The van der Waals surface area contributed by atoms with Crippen molar-refractivity contribution in [2.45, 2.75) is 13.2 Å². The zero-order chi connectivity index (χ0) is 5.86. The van der Waals surface area contributed by atoms with Crippen molar-refractivity contribution >= 4 is 5.78 Å². The average Bonchev–Trinajstić information content (AvgIpc) is 1.65. The summed E-state index contributed by atoms with van der Waals surface area (Å²) < 4.78 is 4.22. The van der Waals surface area contributed by atoms with Crippen molar-refractivity contribution < 1.29 is 14.6 Å². The lowest BCUT2D eigenvalue weighted by molar-refractivity contribution is -0.147. The largest absolute Gasteiger partial charge is 0.362 e. The van der Waals surface area contributed by atoms with Crippen LogP contribution < -0.4 is 0 Å². The van der Waals surface area contributed by atoms with Crippen molar-refractivity contribution in [3.8, 4) is 0 Å². The summed E-state index contributed by atoms with van der Waals surface area (Å²) in [5, 5.41) is 8.36. The lowest BCUT2D eigenvalue weighted by Crippen LogP contribution is -2.18. The molecule has 0 saturated carbocycles. The molecule has 0 heterocycles. The molecule has 3 heteroatoms. The molecule has 0 aliphatic heterocycles. The van der Waals surface area contributed by atoms with Crippen LogP contribution >= 0.6 is 0 Å². The number of methoxy groups -OCH3 is 1. The summed E-state index contributed by atoms with van der Waals surface area (Å²) in [5.41, 5.74) is 0. The van der Waals surface area contributed by atoms with Crippen LogP contribution in [-0.4, -0.2) is 24.3 Å². The molecule has 1 N–H and O–H groups in total. The number of carbonyl (C=O) groups is 1. The van der Waals surface area contributed by atoms with E-state index >= 15 is 0 Å². The van der Waals surface area contributed by atoms with Gasteiger partial charge < -0.3 is 9.84 Å². The summed E-state index contributed by atoms with van der Waals surface area (Å²) in [7, 11) is 1.27. The molecule has 0 rings (SSSR count). The van der Waals surface area contributed by atoms with E-state index in [1.54, 1.807) is 0 Å². The Bertz CT molecular complexity index is 69.3. The van der Waals surface area contributed by atoms with Crippen LogP contribution in [0.2, 0.25) is 0 Å². The maximum absolute atomic E-state index is 10.00. The Balaban J connectivity index is 3.34. The van der Waals surface area contributed by atoms with E-state index in [-0.39, 0.29) is 5.78 Å². The Kier molecular flexibility index (Phi) is 2.55. The molecule has 7 heavy (non-hydrogen) atoms. The molecule has 0 fully saturated rings. The van der Waals surface area contributed by atoms with E-state index in [9.17, 15) is 4.79 Å². The number of carbonyl (C=O) groups excluding carboxylic acids is 1. The van der Waals surface area contributed by atoms with Gasteiger partial charge in [-0.3, -0.25) is 4.79 Å². The van der Waals surface area contributed by atoms with E-state index in [0.717, 1.165) is 0 Å². The molecule has 0 aromatic rings. The van der Waals surface area contributed by atoms with Gasteiger partial charge in [0.25, 0.3) is 0 Å². The SMILES string of the molecule is COC(O)C(C)=O. The van der Waals surface area contributed by atoms with Gasteiger partial charge in [0.05, 0.1) is 0 Å². The van der Waals surface area contributed by atoms with Gasteiger partial charge in [-0.25, -0.2) is 0 Å². The van der Waals surface area contributed by atoms with Gasteiger partial charge in [0.2, 0.25) is 6.29 Å². The first-order chi connectivity index (χ1) is 3.18. The highest BCUT2D eigenvalue weighted by Gasteiger charge is 2.04. The standard InChI is InChI=1S/C4H8O3/c1-3(5)4(6)7-2/h4,6H,1-2H3. The maximum atomic E-state index is 10.00. The second-order valence-corrected chi connectivity index (χ2v) is 1.20. The third-order valence-corrected chi connectivity index (χ3v) is 0.571. The number of ether oxygens (including phenoxy) is 1. The highest BCUT2D eigenvalue weighted by Crippen LogP contribution is 1.81. The number of rotatable bonds is 2. The van der Waals surface area contributed by atoms with Gasteiger partial charge in [0.1, 0.15) is 0 Å². The van der Waals surface area contributed by atoms with E-state index in [4.69, 9.17) is 5.11 Å². The fourth-order valence-corrected chi connectivity index (χ4v) is 0.166. The van der Waals surface area contributed by atoms with Crippen molar-refractivity contribution in [3.63, 3.8) is 0 Å². The molecule has 0 aromatic heterocycles. The molecule has 0 aliphatic carbocycles. The summed E-state index contributed by atoms with van der Waals surface area (Å²) >= 11 is 0. The molecular weight excluding hydrogens is 96.0 g/mol. The molecule has 1 unspecified atom stereocenters. The maximum Gasteiger partial charge on any atom is 0.214 e. The fourth-order valence-electron chi connectivity index (χ4n) is 0.166. The van der Waals surface area contributed by atoms with Gasteiger partial charge in [-0.15, -0.1) is 0 Å². The van der Waals surface area contributed by atoms with E-state index in [0.29, 0.717) is 0 Å². The summed E-state index contributed by atoms with van der Waals surface area (Å²) in [6.07, 6.45) is -1.24. The molecule has 1 atom stereocenters. The summed E-state index contributed by atoms with van der Waals surface area (Å²) in [6.45, 7) is 1.26. The molecule has 0 saturated heterocycles. The first-order valence-corrected chi connectivity index (χ1v) is 1.89. The van der Waals surface area contributed by atoms with E-state index < -0.39 is 6.29 Å². The number of aliphatic hydroxyl groups is 1. The molecule has 0 bridgehead atoms. The minimum atomic E-state index is -1.24. The third kappa shape index (κ3) is 2.31. The quantitative estimate of drug-likeness (QED) is 0.482. The Morgan fingerprint density at radius 1 is 1.86 bits per heavy atom. The van der Waals surface area contributed by atoms with Crippen LogP contribution in [0.3, 0.4) is 0 Å². The van der Waals surface area contributed by atoms with Crippen molar-refractivity contribution in [3.05, 3.63) is 0 Å². The van der Waals surface area contributed by atoms with Crippen molar-refractivity contribution in [2.75, 3.05) is 7.11 Å². The average molecular weight is 104 g/mol. The first kappa shape index (κ1) is 6.59. The van der Waals surface area contributed by atoms with E-state index in [1.165, 1.54) is 14.0 Å². The zero-order valence-corrected chi connectivity index (χ0v) is 4.34. The number of aliphatic hydroxyl groups excluding tert-OH is 1. The van der Waals surface area contributed by atoms with E-state index in [1.807, 2.05) is 0 Å². The molecule has 42 valence electrons. The van der Waals surface area contributed by atoms with Crippen molar-refractivity contribution in [1.29, 1.82) is 0 Å². The van der Waals surface area contributed by atoms with Crippen LogP contribution in [-0.2, 0) is 9.53 Å². The van der Waals surface area contributed by atoms with Crippen LogP contribution in [0, 0.1) is 0 Å². The molecule has 0 aromatic carbocycles. The summed E-state index contributed by atoms with van der Waals surface area (Å²) in [6, 6.07) is 0. The number of hydrogen-bond donors (Lipinski definition) is 1. The second kappa shape index (κ2) is 2.71. The lowest BCUT2D eigenvalue weighted by atomic mass is 10.4. The van der Waals surface area contributed by atoms with Gasteiger partial charge >= 0.3 is 0 Å². The normalized spacial score (nSPS) is 13.6. The van der Waals surface area contributed by atoms with E-state index in [2.05, 4.69) is 4.74 Å². The van der Waals surface area contributed by atoms with Gasteiger partial charge in [-0.05, 0) is 6.92 Å². The molecule has 3 nitrogen and oxygen atoms in total. The van der Waals surface area contributed by atoms with Crippen molar-refractivity contribution in [1.82, 2.24) is 0 Å². The van der Waals surface area contributed by atoms with Gasteiger partial charge in [0, 0.05) is 7.11 Å². The highest BCUT2D eigenvalue weighted by molar-refractivity contribution is 5.78. The third-order valence-electron chi connectivity index (χ3n) is 0.571. The highest BCUT2D eigenvalue weighted by atomic mass is 16.6. The topological polar surface area (TPSA) is 46.5 Å². The second-order valence-electron chi connectivity index (χ2n) is 1.20. The smallest absolute Gasteiger partial charge is 0.214 e. The van der Waals surface area contributed by atoms with Crippen LogP contribution in [0.15, 0.2) is 0 Å². The van der Waals surface area contributed by atoms with Gasteiger partial charge in [0.15, 0.2) is 5.78 Å². The van der Waals surface area contributed by atoms with Crippen LogP contribution in [0.4, 0.5) is 0 Å². The Hall–Kier alpha value is -0.410. The predicted octanol–water partition coefficient (Wildman–Crippen LogP) is -0.460. The van der Waals surface area contributed by atoms with Crippen LogP contribution in [0.5, 0.6) is 0 Å². The lowest BCUT2D eigenvalue weighted by Gasteiger charge is -1.99. The molecule has 0 radical (unpaired) electrons. The molecule has 0 aliphatic rings. The summed E-state index contributed by atoms with van der Waals surface area (Å²) in [4.78, 5) is 10.00. The monoisotopic (exact) mass is 104 g/mol. The Labute approximate surface area is 41.9 Å². The minimum absolute atomic E-state index is 0.373. The Morgan fingerprint density at radius 2 is 2.29 bits per heavy atom. The van der Waals surface area contributed by atoms with Crippen LogP contribution in [0.1, 0.15) is 6.92 Å². The predicted molar refractivity (Wildman–Crippen MR) is 23.7 cm³/mol. The van der Waals surface area contributed by atoms with Gasteiger partial charge in [-0.2, -0.15) is 0 Å². The fraction of sp³-hybridized carbons (Fsp3) is 0.750. The van der Waals surface area contributed by atoms with Crippen molar-refractivity contribution in [2.24, 2.45) is 0 Å². The number of Topliss-reactive ketones (excluding diaryl/α,β-unsaturated/α-hetero) is 1. The van der Waals surface area contributed by atoms with Gasteiger partial charge in [-0.1, -0.05) is 0 Å². The first-order valence-electron chi connectivity index (χ1n) is 1.89.